The van der Waals surface area contributed by atoms with Crippen molar-refractivity contribution in [2.45, 2.75) is 109 Å². The average Bonchev–Trinajstić information content (AvgIpc) is 2.65. The molecule has 0 radical (unpaired) electrons. The Kier molecular flexibility index (Phi) is 8.57. The molecule has 0 aromatic carbocycles. The van der Waals surface area contributed by atoms with Gasteiger partial charge < -0.3 is 14.6 Å². The highest BCUT2D eigenvalue weighted by Gasteiger charge is 2.55. The number of aliphatic hydroxyl groups is 1. The maximum Gasteiger partial charge on any atom is 0.419 e. The summed E-state index contributed by atoms with van der Waals surface area (Å²) in [5, 5.41) is 9.90. The molecule has 1 rings (SSSR count). The van der Waals surface area contributed by atoms with Gasteiger partial charge in [-0.05, 0) is 72.6 Å². The van der Waals surface area contributed by atoms with E-state index in [0.29, 0.717) is 18.4 Å². The van der Waals surface area contributed by atoms with Crippen LogP contribution in [-0.4, -0.2) is 40.7 Å². The van der Waals surface area contributed by atoms with E-state index in [9.17, 15) is 23.1 Å². The van der Waals surface area contributed by atoms with Gasteiger partial charge in [-0.3, -0.25) is 0 Å². The van der Waals surface area contributed by atoms with Gasteiger partial charge in [-0.1, -0.05) is 19.4 Å². The van der Waals surface area contributed by atoms with Crippen LogP contribution in [0.5, 0.6) is 0 Å². The van der Waals surface area contributed by atoms with Gasteiger partial charge in [0.25, 0.3) is 0 Å². The Balaban J connectivity index is 2.84. The summed E-state index contributed by atoms with van der Waals surface area (Å²) in [4.78, 5) is 11.8. The van der Waals surface area contributed by atoms with Crippen molar-refractivity contribution in [1.29, 1.82) is 0 Å². The van der Waals surface area contributed by atoms with E-state index in [0.717, 1.165) is 39.0 Å². The third-order valence-electron chi connectivity index (χ3n) is 5.87. The molecule has 1 saturated carbocycles. The molecule has 0 aromatic heterocycles. The minimum atomic E-state index is -4.78. The molecule has 1 aliphatic rings. The Hall–Kier alpha value is -1.08. The molecule has 0 amide bonds. The zero-order valence-corrected chi connectivity index (χ0v) is 17.7. The zero-order valence-electron chi connectivity index (χ0n) is 17.7. The number of carbonyl (C=O) groups excluding carboxylic acids is 1. The van der Waals surface area contributed by atoms with Gasteiger partial charge in [0.2, 0.25) is 0 Å². The lowest BCUT2D eigenvalue weighted by atomic mass is 9.82. The molecule has 164 valence electrons. The van der Waals surface area contributed by atoms with Crippen LogP contribution in [0.3, 0.4) is 0 Å². The average molecular weight is 409 g/mol. The molecule has 0 spiro atoms. The lowest BCUT2D eigenvalue weighted by Gasteiger charge is -2.41. The summed E-state index contributed by atoms with van der Waals surface area (Å²) in [6.45, 7) is 10.7. The number of hydrogen-bond acceptors (Lipinski definition) is 4. The quantitative estimate of drug-likeness (QED) is 0.477. The SMILES string of the molecule is C=C(C)C(=O)OC1CCCCCC(C(C)(C)OC(C)C(C)(O)C(F)(F)F)CC1. The summed E-state index contributed by atoms with van der Waals surface area (Å²) < 4.78 is 50.7. The minimum absolute atomic E-state index is 0.0110. The van der Waals surface area contributed by atoms with Gasteiger partial charge in [0, 0.05) is 5.57 Å². The van der Waals surface area contributed by atoms with E-state index in [1.807, 2.05) is 0 Å². The summed E-state index contributed by atoms with van der Waals surface area (Å²) >= 11 is 0. The van der Waals surface area contributed by atoms with E-state index in [4.69, 9.17) is 9.47 Å². The number of hydrogen-bond donors (Lipinski definition) is 1. The van der Waals surface area contributed by atoms with E-state index < -0.39 is 29.5 Å². The van der Waals surface area contributed by atoms with Crippen LogP contribution in [0.2, 0.25) is 0 Å². The fourth-order valence-electron chi connectivity index (χ4n) is 3.58. The lowest BCUT2D eigenvalue weighted by molar-refractivity contribution is -0.300. The molecular weight excluding hydrogens is 373 g/mol. The summed E-state index contributed by atoms with van der Waals surface area (Å²) in [6.07, 6.45) is -0.705. The molecule has 4 atom stereocenters. The largest absolute Gasteiger partial charge is 0.459 e. The fraction of sp³-hybridized carbons (Fsp3) is 0.857. The van der Waals surface area contributed by atoms with Gasteiger partial charge in [-0.15, -0.1) is 0 Å². The normalized spacial score (nSPS) is 25.6. The van der Waals surface area contributed by atoms with Crippen molar-refractivity contribution in [2.24, 2.45) is 5.92 Å². The highest BCUT2D eigenvalue weighted by atomic mass is 19.4. The molecule has 1 N–H and O–H groups in total. The minimum Gasteiger partial charge on any atom is -0.459 e. The second kappa shape index (κ2) is 9.61. The van der Waals surface area contributed by atoms with Crippen LogP contribution in [0.25, 0.3) is 0 Å². The number of carbonyl (C=O) groups is 1. The molecule has 4 nitrogen and oxygen atoms in total. The second-order valence-corrected chi connectivity index (χ2v) is 8.73. The summed E-state index contributed by atoms with van der Waals surface area (Å²) in [6, 6.07) is 0. The van der Waals surface area contributed by atoms with E-state index in [1.165, 1.54) is 6.92 Å². The predicted octanol–water partition coefficient (Wildman–Crippen LogP) is 5.33. The van der Waals surface area contributed by atoms with E-state index >= 15 is 0 Å². The van der Waals surface area contributed by atoms with Gasteiger partial charge in [0.15, 0.2) is 5.60 Å². The van der Waals surface area contributed by atoms with Crippen molar-refractivity contribution >= 4 is 5.97 Å². The molecule has 1 aliphatic carbocycles. The Morgan fingerprint density at radius 2 is 1.64 bits per heavy atom. The molecular formula is C21H35F3O4. The number of esters is 1. The molecule has 0 heterocycles. The first-order valence-electron chi connectivity index (χ1n) is 10.0. The molecule has 28 heavy (non-hydrogen) atoms. The third kappa shape index (κ3) is 6.76. The first kappa shape index (κ1) is 25.0. The maximum atomic E-state index is 13.1. The Labute approximate surface area is 166 Å². The van der Waals surface area contributed by atoms with Crippen molar-refractivity contribution < 1.29 is 32.5 Å². The molecule has 0 saturated heterocycles. The van der Waals surface area contributed by atoms with Crippen LogP contribution in [0.4, 0.5) is 13.2 Å². The molecule has 4 unspecified atom stereocenters. The van der Waals surface area contributed by atoms with Gasteiger partial charge in [0.05, 0.1) is 11.7 Å². The first-order valence-corrected chi connectivity index (χ1v) is 10.0. The van der Waals surface area contributed by atoms with Crippen molar-refractivity contribution in [2.75, 3.05) is 0 Å². The molecule has 7 heteroatoms. The zero-order chi connectivity index (χ0) is 21.8. The van der Waals surface area contributed by atoms with Gasteiger partial charge in [-0.2, -0.15) is 13.2 Å². The Morgan fingerprint density at radius 3 is 2.18 bits per heavy atom. The van der Waals surface area contributed by atoms with Crippen molar-refractivity contribution in [3.63, 3.8) is 0 Å². The van der Waals surface area contributed by atoms with E-state index in [2.05, 4.69) is 6.58 Å². The summed E-state index contributed by atoms with van der Waals surface area (Å²) in [5.74, 6) is -0.422. The fourth-order valence-corrected chi connectivity index (χ4v) is 3.58. The third-order valence-corrected chi connectivity index (χ3v) is 5.87. The van der Waals surface area contributed by atoms with Gasteiger partial charge in [-0.25, -0.2) is 4.79 Å². The number of halogens is 3. The maximum absolute atomic E-state index is 13.1. The summed E-state index contributed by atoms with van der Waals surface area (Å²) in [5.41, 5.74) is -3.44. The second-order valence-electron chi connectivity index (χ2n) is 8.73. The molecule has 0 bridgehead atoms. The van der Waals surface area contributed by atoms with E-state index in [-0.39, 0.29) is 12.0 Å². The molecule has 0 aliphatic heterocycles. The topological polar surface area (TPSA) is 55.8 Å². The standard InChI is InChI=1S/C21H35F3O4/c1-14(2)18(25)27-17-11-9-7-8-10-16(12-13-17)19(4,5)28-15(3)20(6,26)21(22,23)24/h15-17,26H,1,7-13H2,2-6H3. The lowest BCUT2D eigenvalue weighted by Crippen LogP contribution is -2.55. The van der Waals surface area contributed by atoms with Crippen LogP contribution >= 0.6 is 0 Å². The van der Waals surface area contributed by atoms with Gasteiger partial charge >= 0.3 is 12.1 Å². The smallest absolute Gasteiger partial charge is 0.419 e. The van der Waals surface area contributed by atoms with Crippen LogP contribution in [0.1, 0.15) is 79.6 Å². The Morgan fingerprint density at radius 1 is 1.07 bits per heavy atom. The molecule has 0 aromatic rings. The monoisotopic (exact) mass is 408 g/mol. The number of rotatable bonds is 6. The summed E-state index contributed by atoms with van der Waals surface area (Å²) in [7, 11) is 0. The van der Waals surface area contributed by atoms with Crippen molar-refractivity contribution in [3.05, 3.63) is 12.2 Å². The van der Waals surface area contributed by atoms with Gasteiger partial charge in [0.1, 0.15) is 6.10 Å². The van der Waals surface area contributed by atoms with Crippen LogP contribution in [0.15, 0.2) is 12.2 Å². The highest BCUT2D eigenvalue weighted by Crippen LogP contribution is 2.39. The highest BCUT2D eigenvalue weighted by molar-refractivity contribution is 5.87. The number of alkyl halides is 3. The van der Waals surface area contributed by atoms with E-state index in [1.54, 1.807) is 20.8 Å². The van der Waals surface area contributed by atoms with Crippen LogP contribution in [0, 0.1) is 5.92 Å². The number of ether oxygens (including phenoxy) is 2. The molecule has 1 fully saturated rings. The van der Waals surface area contributed by atoms with Crippen molar-refractivity contribution in [1.82, 2.24) is 0 Å². The first-order chi connectivity index (χ1) is 12.7. The van der Waals surface area contributed by atoms with Crippen LogP contribution < -0.4 is 0 Å². The predicted molar refractivity (Wildman–Crippen MR) is 102 cm³/mol. The van der Waals surface area contributed by atoms with Crippen LogP contribution in [-0.2, 0) is 14.3 Å². The van der Waals surface area contributed by atoms with Crippen molar-refractivity contribution in [3.8, 4) is 0 Å². The Bertz CT molecular complexity index is 540.